The number of imidazole rings is 1. The summed E-state index contributed by atoms with van der Waals surface area (Å²) < 4.78 is 2.13. The van der Waals surface area contributed by atoms with E-state index in [1.54, 1.807) is 18.6 Å². The van der Waals surface area contributed by atoms with E-state index in [0.717, 1.165) is 30.9 Å². The number of carbonyl (C=O) groups is 1. The largest absolute Gasteiger partial charge is 0.337 e. The van der Waals surface area contributed by atoms with Crippen molar-refractivity contribution in [2.75, 3.05) is 13.1 Å². The summed E-state index contributed by atoms with van der Waals surface area (Å²) in [5.41, 5.74) is 1.39. The van der Waals surface area contributed by atoms with Crippen molar-refractivity contribution in [1.82, 2.24) is 29.4 Å². The molecule has 1 atom stereocenters. The van der Waals surface area contributed by atoms with Crippen molar-refractivity contribution in [3.8, 4) is 0 Å². The molecule has 0 radical (unpaired) electrons. The standard InChI is InChI=1S/C19H20N6O/c26-19(17-12-20-7-8-22-17)25-10-3-4-15(13-25)18-23-9-11-24(18)14-16-5-1-2-6-21-16/h1-2,5-9,11-12,15H,3-4,10,13-14H2/t15-/m1/s1. The van der Waals surface area contributed by atoms with E-state index in [-0.39, 0.29) is 11.8 Å². The molecule has 7 nitrogen and oxygen atoms in total. The first-order valence-corrected chi connectivity index (χ1v) is 8.77. The molecule has 0 N–H and O–H groups in total. The minimum absolute atomic E-state index is 0.0642. The molecule has 3 aromatic rings. The smallest absolute Gasteiger partial charge is 0.274 e. The maximum absolute atomic E-state index is 12.7. The summed E-state index contributed by atoms with van der Waals surface area (Å²) in [6, 6.07) is 5.91. The highest BCUT2D eigenvalue weighted by Gasteiger charge is 2.28. The summed E-state index contributed by atoms with van der Waals surface area (Å²) in [6.07, 6.45) is 12.2. The van der Waals surface area contributed by atoms with Crippen molar-refractivity contribution < 1.29 is 4.79 Å². The number of carbonyl (C=O) groups excluding carboxylic acids is 1. The van der Waals surface area contributed by atoms with Crippen LogP contribution in [0.25, 0.3) is 0 Å². The quantitative estimate of drug-likeness (QED) is 0.722. The summed E-state index contributed by atoms with van der Waals surface area (Å²) >= 11 is 0. The number of rotatable bonds is 4. The number of hydrogen-bond acceptors (Lipinski definition) is 5. The van der Waals surface area contributed by atoms with Crippen LogP contribution in [0.2, 0.25) is 0 Å². The highest BCUT2D eigenvalue weighted by Crippen LogP contribution is 2.27. The molecule has 0 spiro atoms. The van der Waals surface area contributed by atoms with Gasteiger partial charge in [-0.2, -0.15) is 0 Å². The number of nitrogens with zero attached hydrogens (tertiary/aromatic N) is 6. The molecule has 0 aliphatic carbocycles. The SMILES string of the molecule is O=C(c1cnccn1)N1CCC[C@@H](c2nccn2Cc2ccccn2)C1. The Hall–Kier alpha value is -3.09. The van der Waals surface area contributed by atoms with Gasteiger partial charge in [-0.05, 0) is 25.0 Å². The Kier molecular flexibility index (Phi) is 4.68. The molecule has 1 fully saturated rings. The van der Waals surface area contributed by atoms with Crippen LogP contribution in [0.5, 0.6) is 0 Å². The number of pyridine rings is 1. The van der Waals surface area contributed by atoms with Gasteiger partial charge in [-0.3, -0.25) is 14.8 Å². The molecule has 0 bridgehead atoms. The van der Waals surface area contributed by atoms with Crippen LogP contribution in [0.3, 0.4) is 0 Å². The molecule has 1 amide bonds. The van der Waals surface area contributed by atoms with Gasteiger partial charge in [-0.1, -0.05) is 6.07 Å². The maximum Gasteiger partial charge on any atom is 0.274 e. The fraction of sp³-hybridized carbons (Fsp3) is 0.316. The molecule has 132 valence electrons. The average molecular weight is 348 g/mol. The third-order valence-electron chi connectivity index (χ3n) is 4.66. The van der Waals surface area contributed by atoms with Gasteiger partial charge in [0.25, 0.3) is 5.91 Å². The number of amides is 1. The van der Waals surface area contributed by atoms with E-state index < -0.39 is 0 Å². The zero-order valence-corrected chi connectivity index (χ0v) is 14.4. The van der Waals surface area contributed by atoms with Gasteiger partial charge in [0, 0.05) is 50.0 Å². The minimum atomic E-state index is -0.0642. The topological polar surface area (TPSA) is 76.8 Å². The zero-order valence-electron chi connectivity index (χ0n) is 14.4. The summed E-state index contributed by atoms with van der Waals surface area (Å²) in [5, 5.41) is 0. The van der Waals surface area contributed by atoms with Crippen LogP contribution in [0, 0.1) is 0 Å². The van der Waals surface area contributed by atoms with Crippen molar-refractivity contribution in [2.45, 2.75) is 25.3 Å². The predicted octanol–water partition coefficient (Wildman–Crippen LogP) is 2.14. The molecule has 0 unspecified atom stereocenters. The average Bonchev–Trinajstić information content (AvgIpc) is 3.17. The molecule has 4 heterocycles. The molecular formula is C19H20N6O. The maximum atomic E-state index is 12.7. The van der Waals surface area contributed by atoms with Crippen LogP contribution >= 0.6 is 0 Å². The van der Waals surface area contributed by atoms with Gasteiger partial charge < -0.3 is 9.47 Å². The van der Waals surface area contributed by atoms with Crippen LogP contribution < -0.4 is 0 Å². The number of hydrogen-bond donors (Lipinski definition) is 0. The van der Waals surface area contributed by atoms with Crippen LogP contribution in [-0.4, -0.2) is 48.4 Å². The number of aromatic nitrogens is 5. The van der Waals surface area contributed by atoms with E-state index >= 15 is 0 Å². The highest BCUT2D eigenvalue weighted by atomic mass is 16.2. The summed E-state index contributed by atoms with van der Waals surface area (Å²) in [6.45, 7) is 2.08. The molecule has 1 saturated heterocycles. The Bertz CT molecular complexity index is 864. The van der Waals surface area contributed by atoms with E-state index in [9.17, 15) is 4.79 Å². The second-order valence-corrected chi connectivity index (χ2v) is 6.42. The lowest BCUT2D eigenvalue weighted by atomic mass is 9.96. The van der Waals surface area contributed by atoms with Crippen LogP contribution in [0.15, 0.2) is 55.4 Å². The monoisotopic (exact) mass is 348 g/mol. The minimum Gasteiger partial charge on any atom is -0.337 e. The van der Waals surface area contributed by atoms with Crippen molar-refractivity contribution in [1.29, 1.82) is 0 Å². The van der Waals surface area contributed by atoms with Crippen LogP contribution in [-0.2, 0) is 6.54 Å². The van der Waals surface area contributed by atoms with Crippen molar-refractivity contribution in [3.05, 3.63) is 72.6 Å². The lowest BCUT2D eigenvalue weighted by molar-refractivity contribution is 0.0697. The first-order valence-electron chi connectivity index (χ1n) is 8.77. The summed E-state index contributed by atoms with van der Waals surface area (Å²) in [4.78, 5) is 31.6. The lowest BCUT2D eigenvalue weighted by Crippen LogP contribution is -2.40. The third kappa shape index (κ3) is 3.46. The first kappa shape index (κ1) is 16.4. The Balaban J connectivity index is 1.50. The van der Waals surface area contributed by atoms with Gasteiger partial charge >= 0.3 is 0 Å². The molecule has 1 aliphatic rings. The summed E-state index contributed by atoms with van der Waals surface area (Å²) in [5.74, 6) is 1.15. The Morgan fingerprint density at radius 3 is 2.88 bits per heavy atom. The molecule has 7 heteroatoms. The van der Waals surface area contributed by atoms with E-state index in [2.05, 4.69) is 24.5 Å². The van der Waals surface area contributed by atoms with Gasteiger partial charge in [-0.25, -0.2) is 9.97 Å². The Labute approximate surface area is 151 Å². The van der Waals surface area contributed by atoms with Crippen molar-refractivity contribution >= 4 is 5.91 Å². The second kappa shape index (κ2) is 7.43. The fourth-order valence-electron chi connectivity index (χ4n) is 3.42. The zero-order chi connectivity index (χ0) is 17.8. The number of likely N-dealkylation sites (tertiary alicyclic amines) is 1. The molecule has 1 aliphatic heterocycles. The summed E-state index contributed by atoms with van der Waals surface area (Å²) in [7, 11) is 0. The Morgan fingerprint density at radius 1 is 1.12 bits per heavy atom. The third-order valence-corrected chi connectivity index (χ3v) is 4.66. The van der Waals surface area contributed by atoms with Gasteiger partial charge in [0.15, 0.2) is 0 Å². The van der Waals surface area contributed by atoms with Crippen LogP contribution in [0.1, 0.15) is 40.8 Å². The van der Waals surface area contributed by atoms with E-state index in [1.165, 1.54) is 6.20 Å². The molecule has 0 saturated carbocycles. The Morgan fingerprint density at radius 2 is 2.08 bits per heavy atom. The fourth-order valence-corrected chi connectivity index (χ4v) is 3.42. The molecular weight excluding hydrogens is 328 g/mol. The van der Waals surface area contributed by atoms with Crippen molar-refractivity contribution in [2.24, 2.45) is 0 Å². The van der Waals surface area contributed by atoms with Crippen molar-refractivity contribution in [3.63, 3.8) is 0 Å². The predicted molar refractivity (Wildman–Crippen MR) is 95.5 cm³/mol. The normalized spacial score (nSPS) is 17.2. The van der Waals surface area contributed by atoms with E-state index in [4.69, 9.17) is 0 Å². The van der Waals surface area contributed by atoms with Gasteiger partial charge in [0.2, 0.25) is 0 Å². The molecule has 26 heavy (non-hydrogen) atoms. The van der Waals surface area contributed by atoms with Gasteiger partial charge in [0.1, 0.15) is 11.5 Å². The molecule has 0 aromatic carbocycles. The second-order valence-electron chi connectivity index (χ2n) is 6.42. The van der Waals surface area contributed by atoms with E-state index in [0.29, 0.717) is 18.8 Å². The van der Waals surface area contributed by atoms with Gasteiger partial charge in [-0.15, -0.1) is 0 Å². The van der Waals surface area contributed by atoms with E-state index in [1.807, 2.05) is 35.5 Å². The first-order chi connectivity index (χ1) is 12.8. The number of piperidine rings is 1. The van der Waals surface area contributed by atoms with Crippen LogP contribution in [0.4, 0.5) is 0 Å². The molecule has 3 aromatic heterocycles. The van der Waals surface area contributed by atoms with Gasteiger partial charge in [0.05, 0.1) is 18.4 Å². The highest BCUT2D eigenvalue weighted by molar-refractivity contribution is 5.92. The molecule has 4 rings (SSSR count). The lowest BCUT2D eigenvalue weighted by Gasteiger charge is -2.32.